The number of likely N-dealkylation sites (tertiary alicyclic amines) is 1. The zero-order chi connectivity index (χ0) is 17.1. The second kappa shape index (κ2) is 7.21. The fourth-order valence-electron chi connectivity index (χ4n) is 2.96. The van der Waals surface area contributed by atoms with Crippen molar-refractivity contribution in [1.82, 2.24) is 4.90 Å². The van der Waals surface area contributed by atoms with E-state index in [4.69, 9.17) is 4.74 Å². The molecule has 2 aromatic carbocycles. The van der Waals surface area contributed by atoms with Crippen LogP contribution in [0, 0.1) is 5.82 Å². The molecule has 1 fully saturated rings. The van der Waals surface area contributed by atoms with Crippen LogP contribution in [-0.2, 0) is 0 Å². The van der Waals surface area contributed by atoms with Gasteiger partial charge < -0.3 is 15.0 Å². The minimum absolute atomic E-state index is 0.00517. The fourth-order valence-corrected chi connectivity index (χ4v) is 3.29. The molecule has 0 aliphatic carbocycles. The van der Waals surface area contributed by atoms with Gasteiger partial charge in [-0.3, -0.25) is 0 Å². The molecule has 1 unspecified atom stereocenters. The maximum Gasteiger partial charge on any atom is 0.322 e. The minimum atomic E-state index is -0.460. The highest BCUT2D eigenvalue weighted by Gasteiger charge is 2.30. The van der Waals surface area contributed by atoms with Crippen LogP contribution in [-0.4, -0.2) is 24.6 Å². The Labute approximate surface area is 148 Å². The highest BCUT2D eigenvalue weighted by Crippen LogP contribution is 2.33. The summed E-state index contributed by atoms with van der Waals surface area (Å²) in [5.41, 5.74) is 1.24. The van der Waals surface area contributed by atoms with E-state index in [9.17, 15) is 9.18 Å². The Morgan fingerprint density at radius 1 is 1.29 bits per heavy atom. The van der Waals surface area contributed by atoms with Gasteiger partial charge in [-0.15, -0.1) is 0 Å². The lowest BCUT2D eigenvalue weighted by atomic mass is 10.0. The van der Waals surface area contributed by atoms with Crippen LogP contribution in [0.2, 0.25) is 0 Å². The third-order valence-corrected chi connectivity index (χ3v) is 4.68. The van der Waals surface area contributed by atoms with E-state index in [-0.39, 0.29) is 17.8 Å². The van der Waals surface area contributed by atoms with E-state index in [0.29, 0.717) is 11.0 Å². The summed E-state index contributed by atoms with van der Waals surface area (Å²) >= 11 is 3.21. The molecule has 24 heavy (non-hydrogen) atoms. The second-order valence-electron chi connectivity index (χ2n) is 5.68. The van der Waals surface area contributed by atoms with Gasteiger partial charge in [0.25, 0.3) is 0 Å². The third-order valence-electron chi connectivity index (χ3n) is 4.19. The highest BCUT2D eigenvalue weighted by atomic mass is 79.9. The molecule has 0 aromatic heterocycles. The summed E-state index contributed by atoms with van der Waals surface area (Å²) in [6, 6.07) is 12.0. The monoisotopic (exact) mass is 392 g/mol. The molecular weight excluding hydrogens is 375 g/mol. The summed E-state index contributed by atoms with van der Waals surface area (Å²) in [4.78, 5) is 14.3. The largest absolute Gasteiger partial charge is 0.497 e. The summed E-state index contributed by atoms with van der Waals surface area (Å²) in [7, 11) is 1.62. The van der Waals surface area contributed by atoms with E-state index in [1.165, 1.54) is 6.07 Å². The number of rotatable bonds is 3. The summed E-state index contributed by atoms with van der Waals surface area (Å²) in [5, 5.41) is 2.67. The number of hydrogen-bond donors (Lipinski definition) is 1. The van der Waals surface area contributed by atoms with Gasteiger partial charge in [-0.1, -0.05) is 28.1 Å². The number of hydrogen-bond acceptors (Lipinski definition) is 2. The Morgan fingerprint density at radius 3 is 2.71 bits per heavy atom. The summed E-state index contributed by atoms with van der Waals surface area (Å²) in [6.45, 7) is 0.653. The molecule has 1 aliphatic rings. The first-order valence-electron chi connectivity index (χ1n) is 7.75. The average molecular weight is 393 g/mol. The van der Waals surface area contributed by atoms with Crippen LogP contribution in [0.25, 0.3) is 0 Å². The van der Waals surface area contributed by atoms with Crippen LogP contribution in [0.5, 0.6) is 5.75 Å². The van der Waals surface area contributed by atoms with Crippen LogP contribution in [0.3, 0.4) is 0 Å². The first-order valence-corrected chi connectivity index (χ1v) is 8.54. The maximum atomic E-state index is 13.9. The van der Waals surface area contributed by atoms with Crippen LogP contribution < -0.4 is 10.1 Å². The van der Waals surface area contributed by atoms with Gasteiger partial charge in [-0.2, -0.15) is 0 Å². The van der Waals surface area contributed by atoms with Gasteiger partial charge >= 0.3 is 6.03 Å². The van der Waals surface area contributed by atoms with Gasteiger partial charge in [0.1, 0.15) is 11.6 Å². The standard InChI is InChI=1S/C18H18BrFN2O2/c1-24-14-7-4-12(5-8-14)17-3-2-10-22(17)18(23)21-16-9-6-13(19)11-15(16)20/h4-9,11,17H,2-3,10H2,1H3,(H,21,23). The number of benzene rings is 2. The van der Waals surface area contributed by atoms with E-state index in [1.54, 1.807) is 24.1 Å². The number of urea groups is 1. The number of carbonyl (C=O) groups is 1. The number of anilines is 1. The first-order chi connectivity index (χ1) is 11.6. The Hall–Kier alpha value is -2.08. The molecule has 1 saturated heterocycles. The molecule has 1 aliphatic heterocycles. The van der Waals surface area contributed by atoms with Gasteiger partial charge in [0.2, 0.25) is 0 Å². The molecule has 1 heterocycles. The first kappa shape index (κ1) is 16.8. The molecule has 4 nitrogen and oxygen atoms in total. The summed E-state index contributed by atoms with van der Waals surface area (Å²) in [5.74, 6) is 0.322. The molecule has 126 valence electrons. The smallest absolute Gasteiger partial charge is 0.322 e. The SMILES string of the molecule is COc1ccc(C2CCCN2C(=O)Nc2ccc(Br)cc2F)cc1. The molecule has 0 spiro atoms. The van der Waals surface area contributed by atoms with Gasteiger partial charge in [-0.25, -0.2) is 9.18 Å². The van der Waals surface area contributed by atoms with Crippen LogP contribution >= 0.6 is 15.9 Å². The molecule has 6 heteroatoms. The Bertz CT molecular complexity index is 736. The Kier molecular flexibility index (Phi) is 5.04. The zero-order valence-electron chi connectivity index (χ0n) is 13.3. The van der Waals surface area contributed by atoms with E-state index >= 15 is 0 Å². The van der Waals surface area contributed by atoms with Crippen LogP contribution in [0.15, 0.2) is 46.9 Å². The summed E-state index contributed by atoms with van der Waals surface area (Å²) < 4.78 is 19.7. The molecule has 0 bridgehead atoms. The lowest BCUT2D eigenvalue weighted by Crippen LogP contribution is -2.34. The van der Waals surface area contributed by atoms with E-state index in [1.807, 2.05) is 24.3 Å². The van der Waals surface area contributed by atoms with Crippen molar-refractivity contribution in [2.75, 3.05) is 19.0 Å². The van der Waals surface area contributed by atoms with Crippen molar-refractivity contribution in [3.63, 3.8) is 0 Å². The fraction of sp³-hybridized carbons (Fsp3) is 0.278. The predicted molar refractivity (Wildman–Crippen MR) is 94.8 cm³/mol. The van der Waals surface area contributed by atoms with Crippen LogP contribution in [0.4, 0.5) is 14.9 Å². The quantitative estimate of drug-likeness (QED) is 0.801. The second-order valence-corrected chi connectivity index (χ2v) is 6.59. The number of ether oxygens (including phenoxy) is 1. The molecule has 1 atom stereocenters. The van der Waals surface area contributed by atoms with Crippen molar-refractivity contribution < 1.29 is 13.9 Å². The van der Waals surface area contributed by atoms with E-state index in [0.717, 1.165) is 24.2 Å². The van der Waals surface area contributed by atoms with Crippen molar-refractivity contribution in [3.8, 4) is 5.75 Å². The van der Waals surface area contributed by atoms with Gasteiger partial charge in [0.05, 0.1) is 18.8 Å². The van der Waals surface area contributed by atoms with Gasteiger partial charge in [0, 0.05) is 11.0 Å². The van der Waals surface area contributed by atoms with Crippen molar-refractivity contribution in [3.05, 3.63) is 58.3 Å². The summed E-state index contributed by atoms with van der Waals surface area (Å²) in [6.07, 6.45) is 1.81. The highest BCUT2D eigenvalue weighted by molar-refractivity contribution is 9.10. The van der Waals surface area contributed by atoms with Crippen LogP contribution in [0.1, 0.15) is 24.4 Å². The molecule has 3 rings (SSSR count). The average Bonchev–Trinajstić information content (AvgIpc) is 3.07. The molecule has 2 amide bonds. The Balaban J connectivity index is 1.75. The minimum Gasteiger partial charge on any atom is -0.497 e. The van der Waals surface area contributed by atoms with Crippen molar-refractivity contribution >= 4 is 27.6 Å². The van der Waals surface area contributed by atoms with E-state index < -0.39 is 5.82 Å². The molecule has 0 radical (unpaired) electrons. The van der Waals surface area contributed by atoms with E-state index in [2.05, 4.69) is 21.2 Å². The predicted octanol–water partition coefficient (Wildman–Crippen LogP) is 4.97. The normalized spacial score (nSPS) is 17.0. The van der Waals surface area contributed by atoms with Gasteiger partial charge in [0.15, 0.2) is 0 Å². The van der Waals surface area contributed by atoms with Crippen molar-refractivity contribution in [1.29, 1.82) is 0 Å². The molecule has 2 aromatic rings. The lowest BCUT2D eigenvalue weighted by molar-refractivity contribution is 0.207. The lowest BCUT2D eigenvalue weighted by Gasteiger charge is -2.25. The molecule has 1 N–H and O–H groups in total. The number of nitrogens with zero attached hydrogens (tertiary/aromatic N) is 1. The number of carbonyl (C=O) groups excluding carboxylic acids is 1. The molecular formula is C18H18BrFN2O2. The number of nitrogens with one attached hydrogen (secondary N) is 1. The molecule has 0 saturated carbocycles. The third kappa shape index (κ3) is 3.53. The maximum absolute atomic E-state index is 13.9. The van der Waals surface area contributed by atoms with Gasteiger partial charge in [-0.05, 0) is 48.7 Å². The number of halogens is 2. The Morgan fingerprint density at radius 2 is 2.04 bits per heavy atom. The topological polar surface area (TPSA) is 41.6 Å². The van der Waals surface area contributed by atoms with Crippen molar-refractivity contribution in [2.24, 2.45) is 0 Å². The zero-order valence-corrected chi connectivity index (χ0v) is 14.8. The van der Waals surface area contributed by atoms with Crippen molar-refractivity contribution in [2.45, 2.75) is 18.9 Å². The number of amides is 2. The number of methoxy groups -OCH3 is 1.